The van der Waals surface area contributed by atoms with Crippen molar-refractivity contribution in [3.05, 3.63) is 84.3 Å². The van der Waals surface area contributed by atoms with E-state index in [-0.39, 0.29) is 16.4 Å². The second-order valence-corrected chi connectivity index (χ2v) is 9.55. The molecule has 6 nitrogen and oxygen atoms in total. The van der Waals surface area contributed by atoms with E-state index in [4.69, 9.17) is 0 Å². The predicted molar refractivity (Wildman–Crippen MR) is 118 cm³/mol. The van der Waals surface area contributed by atoms with Crippen LogP contribution in [0.5, 0.6) is 0 Å². The third kappa shape index (κ3) is 4.02. The Morgan fingerprint density at radius 1 is 1.07 bits per heavy atom. The minimum absolute atomic E-state index is 0.165. The minimum atomic E-state index is -3.79. The summed E-state index contributed by atoms with van der Waals surface area (Å²) >= 11 is 0. The van der Waals surface area contributed by atoms with Crippen LogP contribution >= 0.6 is 0 Å². The predicted octanol–water partition coefficient (Wildman–Crippen LogP) is 4.66. The fraction of sp³-hybridized carbons (Fsp3) is 0.174. The molecular formula is C23H23N3O3S. The van der Waals surface area contributed by atoms with E-state index in [0.29, 0.717) is 11.6 Å². The van der Waals surface area contributed by atoms with Crippen molar-refractivity contribution in [1.29, 1.82) is 0 Å². The highest BCUT2D eigenvalue weighted by Gasteiger charge is 2.19. The summed E-state index contributed by atoms with van der Waals surface area (Å²) in [5.41, 5.74) is 3.01. The van der Waals surface area contributed by atoms with Crippen molar-refractivity contribution in [2.24, 2.45) is 5.92 Å². The summed E-state index contributed by atoms with van der Waals surface area (Å²) in [5, 5.41) is 3.62. The van der Waals surface area contributed by atoms with Crippen molar-refractivity contribution >= 4 is 32.5 Å². The van der Waals surface area contributed by atoms with Crippen molar-refractivity contribution in [3.63, 3.8) is 0 Å². The number of hydrogen-bond acceptors (Lipinski definition) is 3. The van der Waals surface area contributed by atoms with Crippen LogP contribution in [0.25, 0.3) is 10.9 Å². The van der Waals surface area contributed by atoms with Gasteiger partial charge in [0.05, 0.1) is 10.5 Å². The number of carbonyl (C=O) groups is 1. The first-order chi connectivity index (χ1) is 14.3. The van der Waals surface area contributed by atoms with Gasteiger partial charge < -0.3 is 10.3 Å². The average molecular weight is 422 g/mol. The number of rotatable bonds is 6. The van der Waals surface area contributed by atoms with Gasteiger partial charge >= 0.3 is 0 Å². The van der Waals surface area contributed by atoms with Crippen molar-refractivity contribution < 1.29 is 13.2 Å². The summed E-state index contributed by atoms with van der Waals surface area (Å²) in [4.78, 5) is 15.8. The van der Waals surface area contributed by atoms with Gasteiger partial charge in [0.2, 0.25) is 0 Å². The van der Waals surface area contributed by atoms with Gasteiger partial charge in [-0.1, -0.05) is 26.0 Å². The summed E-state index contributed by atoms with van der Waals surface area (Å²) in [6.45, 7) is 4.31. The van der Waals surface area contributed by atoms with Crippen LogP contribution in [0.2, 0.25) is 0 Å². The number of aromatic amines is 1. The van der Waals surface area contributed by atoms with Crippen LogP contribution in [0.4, 0.5) is 5.69 Å². The fourth-order valence-corrected chi connectivity index (χ4v) is 4.61. The Hall–Kier alpha value is -3.32. The molecule has 0 aliphatic carbocycles. The van der Waals surface area contributed by atoms with Crippen molar-refractivity contribution in [3.8, 4) is 0 Å². The molecule has 0 saturated heterocycles. The molecule has 2 N–H and O–H groups in total. The zero-order valence-electron chi connectivity index (χ0n) is 16.8. The number of aromatic nitrogens is 2. The van der Waals surface area contributed by atoms with E-state index in [1.807, 2.05) is 30.3 Å². The number of nitrogens with zero attached hydrogens (tertiary/aromatic N) is 1. The number of H-pyrrole nitrogens is 1. The van der Waals surface area contributed by atoms with Gasteiger partial charge in [-0.3, -0.25) is 4.79 Å². The first kappa shape index (κ1) is 20.0. The largest absolute Gasteiger partial charge is 0.361 e. The van der Waals surface area contributed by atoms with Crippen LogP contribution in [-0.4, -0.2) is 23.3 Å². The number of amides is 1. The lowest BCUT2D eigenvalue weighted by molar-refractivity contribution is 0.102. The van der Waals surface area contributed by atoms with E-state index in [1.54, 1.807) is 24.4 Å². The quantitative estimate of drug-likeness (QED) is 0.475. The molecule has 2 aromatic carbocycles. The summed E-state index contributed by atoms with van der Waals surface area (Å²) in [7, 11) is -3.79. The zero-order chi connectivity index (χ0) is 21.3. The SMILES string of the molecule is CC(C)Cc1ccc(NC(=O)c2ccn(S(=O)(=O)c3ccc4[nH]ccc4c3)c2)cc1. The maximum absolute atomic E-state index is 12.9. The Labute approximate surface area is 175 Å². The van der Waals surface area contributed by atoms with E-state index in [0.717, 1.165) is 21.3 Å². The third-order valence-corrected chi connectivity index (χ3v) is 6.52. The second-order valence-electron chi connectivity index (χ2n) is 7.71. The van der Waals surface area contributed by atoms with Crippen molar-refractivity contribution in [2.75, 3.05) is 5.32 Å². The number of carbonyl (C=O) groups excluding carboxylic acids is 1. The van der Waals surface area contributed by atoms with Gasteiger partial charge in [-0.05, 0) is 60.4 Å². The molecule has 4 aromatic rings. The van der Waals surface area contributed by atoms with Crippen LogP contribution in [0.1, 0.15) is 29.8 Å². The Morgan fingerprint density at radius 2 is 1.83 bits per heavy atom. The summed E-state index contributed by atoms with van der Waals surface area (Å²) in [6.07, 6.45) is 5.45. The Balaban J connectivity index is 1.52. The van der Waals surface area contributed by atoms with Crippen molar-refractivity contribution in [2.45, 2.75) is 25.2 Å². The Morgan fingerprint density at radius 3 is 2.57 bits per heavy atom. The highest BCUT2D eigenvalue weighted by atomic mass is 32.2. The van der Waals surface area contributed by atoms with E-state index < -0.39 is 10.0 Å². The molecule has 7 heteroatoms. The monoisotopic (exact) mass is 421 g/mol. The molecule has 2 heterocycles. The van der Waals surface area contributed by atoms with Gasteiger partial charge in [-0.2, -0.15) is 0 Å². The number of hydrogen-bond donors (Lipinski definition) is 2. The molecule has 0 atom stereocenters. The first-order valence-electron chi connectivity index (χ1n) is 9.74. The van der Waals surface area contributed by atoms with Crippen molar-refractivity contribution in [1.82, 2.24) is 8.96 Å². The normalized spacial score (nSPS) is 11.8. The van der Waals surface area contributed by atoms with E-state index in [1.165, 1.54) is 24.0 Å². The highest BCUT2D eigenvalue weighted by molar-refractivity contribution is 7.90. The van der Waals surface area contributed by atoms with Gasteiger partial charge in [0.1, 0.15) is 0 Å². The maximum atomic E-state index is 12.9. The minimum Gasteiger partial charge on any atom is -0.361 e. The summed E-state index contributed by atoms with van der Waals surface area (Å²) in [6, 6.07) is 15.9. The van der Waals surface area contributed by atoms with E-state index in [2.05, 4.69) is 24.1 Å². The van der Waals surface area contributed by atoms with Gasteiger partial charge in [0.25, 0.3) is 15.9 Å². The number of anilines is 1. The van der Waals surface area contributed by atoms with E-state index >= 15 is 0 Å². The fourth-order valence-electron chi connectivity index (χ4n) is 3.37. The molecule has 154 valence electrons. The molecule has 0 saturated carbocycles. The average Bonchev–Trinajstić information content (AvgIpc) is 3.38. The van der Waals surface area contributed by atoms with E-state index in [9.17, 15) is 13.2 Å². The molecule has 0 fully saturated rings. The smallest absolute Gasteiger partial charge is 0.267 e. The number of nitrogens with one attached hydrogen (secondary N) is 2. The van der Waals surface area contributed by atoms with Crippen LogP contribution in [0.3, 0.4) is 0 Å². The number of fused-ring (bicyclic) bond motifs is 1. The molecule has 1 amide bonds. The summed E-state index contributed by atoms with van der Waals surface area (Å²) in [5.74, 6) is 0.201. The molecule has 0 radical (unpaired) electrons. The van der Waals surface area contributed by atoms with Crippen LogP contribution in [-0.2, 0) is 16.4 Å². The lowest BCUT2D eigenvalue weighted by Crippen LogP contribution is -2.13. The van der Waals surface area contributed by atoms with Gasteiger partial charge in [0, 0.05) is 35.2 Å². The van der Waals surface area contributed by atoms with Gasteiger partial charge in [-0.25, -0.2) is 12.4 Å². The molecule has 0 spiro atoms. The molecule has 0 bridgehead atoms. The Bertz CT molecular complexity index is 1300. The molecule has 2 aromatic heterocycles. The van der Waals surface area contributed by atoms with Crippen LogP contribution < -0.4 is 5.32 Å². The molecule has 0 aliphatic heterocycles. The molecule has 4 rings (SSSR count). The molecule has 0 aliphatic rings. The Kier molecular flexibility index (Phi) is 5.22. The molecule has 30 heavy (non-hydrogen) atoms. The molecular weight excluding hydrogens is 398 g/mol. The lowest BCUT2D eigenvalue weighted by Gasteiger charge is -2.08. The highest BCUT2D eigenvalue weighted by Crippen LogP contribution is 2.21. The zero-order valence-corrected chi connectivity index (χ0v) is 17.6. The lowest BCUT2D eigenvalue weighted by atomic mass is 10.0. The molecule has 0 unspecified atom stereocenters. The third-order valence-electron chi connectivity index (χ3n) is 4.89. The van der Waals surface area contributed by atoms with Gasteiger partial charge in [0.15, 0.2) is 0 Å². The second kappa shape index (κ2) is 7.84. The van der Waals surface area contributed by atoms with Gasteiger partial charge in [-0.15, -0.1) is 0 Å². The topological polar surface area (TPSA) is 84.0 Å². The first-order valence-corrected chi connectivity index (χ1v) is 11.2. The standard InChI is InChI=1S/C23H23N3O3S/c1-16(2)13-17-3-5-20(6-4-17)25-23(27)19-10-12-26(15-19)30(28,29)21-7-8-22-18(14-21)9-11-24-22/h3-12,14-16,24H,13H2,1-2H3,(H,25,27). The van der Waals surface area contributed by atoms with Crippen LogP contribution in [0.15, 0.2) is 78.1 Å². The maximum Gasteiger partial charge on any atom is 0.267 e. The number of benzene rings is 2. The van der Waals surface area contributed by atoms with Crippen LogP contribution in [0, 0.1) is 5.92 Å². The summed E-state index contributed by atoms with van der Waals surface area (Å²) < 4.78 is 27.0.